The molecule has 0 saturated heterocycles. The molecule has 0 fully saturated rings. The summed E-state index contributed by atoms with van der Waals surface area (Å²) >= 11 is 1.59. The molecular formula is C17H16N2O3S. The van der Waals surface area contributed by atoms with Gasteiger partial charge in [0.1, 0.15) is 0 Å². The van der Waals surface area contributed by atoms with Crippen LogP contribution >= 0.6 is 11.8 Å². The number of carbonyl (C=O) groups is 1. The molecule has 0 spiro atoms. The highest BCUT2D eigenvalue weighted by molar-refractivity contribution is 8.00. The largest absolute Gasteiger partial charge is 0.330 e. The number of fused-ring (bicyclic) bond motifs is 1. The van der Waals surface area contributed by atoms with Crippen molar-refractivity contribution in [3.8, 4) is 0 Å². The second-order valence-electron chi connectivity index (χ2n) is 5.53. The van der Waals surface area contributed by atoms with Crippen molar-refractivity contribution < 1.29 is 4.79 Å². The molecular weight excluding hydrogens is 312 g/mol. The van der Waals surface area contributed by atoms with E-state index in [1.165, 1.54) is 17.8 Å². The second kappa shape index (κ2) is 5.70. The van der Waals surface area contributed by atoms with Crippen LogP contribution < -0.4 is 11.2 Å². The number of aryl methyl sites for hydroxylation is 1. The highest BCUT2D eigenvalue weighted by Crippen LogP contribution is 2.38. The van der Waals surface area contributed by atoms with Gasteiger partial charge in [-0.15, -0.1) is 11.8 Å². The van der Waals surface area contributed by atoms with Crippen LogP contribution in [0, 0.1) is 0 Å². The standard InChI is InChI=1S/C17H16N2O3S/c1-10-13(15(20)12-6-4-5-7-14(12)23-10)8-11-9-18(2)17(22)19(3)16(11)21/h4-10H,1-3H3/b13-8+/t10-/m1/s1. The molecule has 0 amide bonds. The average Bonchev–Trinajstić information content (AvgIpc) is 2.54. The van der Waals surface area contributed by atoms with E-state index in [-0.39, 0.29) is 16.7 Å². The predicted octanol–water partition coefficient (Wildman–Crippen LogP) is 1.84. The number of rotatable bonds is 1. The van der Waals surface area contributed by atoms with Gasteiger partial charge in [0.25, 0.3) is 5.56 Å². The number of Topliss-reactive ketones (excluding diaryl/α,β-unsaturated/α-hetero) is 1. The molecule has 0 saturated carbocycles. The van der Waals surface area contributed by atoms with Crippen molar-refractivity contribution in [2.45, 2.75) is 17.1 Å². The molecule has 1 aromatic heterocycles. The molecule has 5 nitrogen and oxygen atoms in total. The molecule has 118 valence electrons. The molecule has 1 aliphatic heterocycles. The first kappa shape index (κ1) is 15.6. The topological polar surface area (TPSA) is 61.1 Å². The number of ketones is 1. The van der Waals surface area contributed by atoms with Gasteiger partial charge in [0.2, 0.25) is 0 Å². The second-order valence-corrected chi connectivity index (χ2v) is 6.91. The minimum Gasteiger partial charge on any atom is -0.303 e. The summed E-state index contributed by atoms with van der Waals surface area (Å²) in [5.74, 6) is -0.0669. The number of thioether (sulfide) groups is 1. The summed E-state index contributed by atoms with van der Waals surface area (Å²) in [6.07, 6.45) is 3.08. The minimum atomic E-state index is -0.399. The van der Waals surface area contributed by atoms with Gasteiger partial charge in [0.05, 0.1) is 5.56 Å². The third-order valence-corrected chi connectivity index (χ3v) is 5.14. The Labute approximate surface area is 137 Å². The Hall–Kier alpha value is -2.34. The number of nitrogens with zero attached hydrogens (tertiary/aromatic N) is 2. The first-order valence-corrected chi connectivity index (χ1v) is 8.06. The normalized spacial score (nSPS) is 19.0. The van der Waals surface area contributed by atoms with Crippen LogP contribution in [0.5, 0.6) is 0 Å². The number of aromatic nitrogens is 2. The molecule has 1 atom stereocenters. The SMILES string of the molecule is C[C@H]1Sc2ccccc2C(=O)/C1=C/c1cn(C)c(=O)n(C)c1=O. The molecule has 0 aliphatic carbocycles. The van der Waals surface area contributed by atoms with Gasteiger partial charge in [-0.1, -0.05) is 12.1 Å². The van der Waals surface area contributed by atoms with Gasteiger partial charge in [-0.05, 0) is 25.1 Å². The quantitative estimate of drug-likeness (QED) is 0.750. The molecule has 1 aromatic carbocycles. The summed E-state index contributed by atoms with van der Waals surface area (Å²) in [5.41, 5.74) is 0.780. The maximum Gasteiger partial charge on any atom is 0.330 e. The van der Waals surface area contributed by atoms with Crippen molar-refractivity contribution in [3.05, 3.63) is 68.0 Å². The monoisotopic (exact) mass is 328 g/mol. The molecule has 0 N–H and O–H groups in total. The predicted molar refractivity (Wildman–Crippen MR) is 91.0 cm³/mol. The van der Waals surface area contributed by atoms with E-state index in [0.717, 1.165) is 9.46 Å². The van der Waals surface area contributed by atoms with E-state index in [2.05, 4.69) is 0 Å². The lowest BCUT2D eigenvalue weighted by atomic mass is 9.98. The van der Waals surface area contributed by atoms with Crippen molar-refractivity contribution in [2.24, 2.45) is 14.1 Å². The minimum absolute atomic E-state index is 0.0562. The fourth-order valence-corrected chi connectivity index (χ4v) is 3.76. The number of hydrogen-bond donors (Lipinski definition) is 0. The van der Waals surface area contributed by atoms with Crippen LogP contribution in [-0.2, 0) is 14.1 Å². The highest BCUT2D eigenvalue weighted by Gasteiger charge is 2.28. The Balaban J connectivity index is 2.16. The Morgan fingerprint density at radius 3 is 2.57 bits per heavy atom. The summed E-state index contributed by atoms with van der Waals surface area (Å²) in [7, 11) is 3.02. The van der Waals surface area contributed by atoms with Crippen molar-refractivity contribution in [2.75, 3.05) is 0 Å². The number of carbonyl (C=O) groups excluding carboxylic acids is 1. The van der Waals surface area contributed by atoms with E-state index in [9.17, 15) is 14.4 Å². The van der Waals surface area contributed by atoms with Gasteiger partial charge < -0.3 is 4.57 Å². The highest BCUT2D eigenvalue weighted by atomic mass is 32.2. The summed E-state index contributed by atoms with van der Waals surface area (Å²) in [6, 6.07) is 7.46. The Kier molecular flexibility index (Phi) is 3.85. The van der Waals surface area contributed by atoms with Crippen LogP contribution in [0.15, 0.2) is 50.5 Å². The summed E-state index contributed by atoms with van der Waals surface area (Å²) < 4.78 is 2.39. The molecule has 23 heavy (non-hydrogen) atoms. The van der Waals surface area contributed by atoms with Crippen molar-refractivity contribution >= 4 is 23.6 Å². The zero-order valence-electron chi connectivity index (χ0n) is 13.1. The van der Waals surface area contributed by atoms with E-state index < -0.39 is 5.56 Å². The number of hydrogen-bond acceptors (Lipinski definition) is 4. The van der Waals surface area contributed by atoms with Gasteiger partial charge in [0, 0.05) is 41.6 Å². The lowest BCUT2D eigenvalue weighted by Crippen LogP contribution is -2.37. The lowest BCUT2D eigenvalue weighted by Gasteiger charge is -2.23. The van der Waals surface area contributed by atoms with Crippen LogP contribution in [0.1, 0.15) is 22.8 Å². The van der Waals surface area contributed by atoms with Crippen molar-refractivity contribution in [1.82, 2.24) is 9.13 Å². The average molecular weight is 328 g/mol. The van der Waals surface area contributed by atoms with Crippen molar-refractivity contribution in [1.29, 1.82) is 0 Å². The third kappa shape index (κ3) is 2.59. The van der Waals surface area contributed by atoms with Gasteiger partial charge in [-0.25, -0.2) is 4.79 Å². The van der Waals surface area contributed by atoms with Crippen LogP contribution in [0.4, 0.5) is 0 Å². The zero-order valence-corrected chi connectivity index (χ0v) is 13.9. The fraction of sp³-hybridized carbons (Fsp3) is 0.235. The molecule has 3 rings (SSSR count). The smallest absolute Gasteiger partial charge is 0.303 e. The van der Waals surface area contributed by atoms with E-state index in [1.807, 2.05) is 25.1 Å². The Bertz CT molecular complexity index is 953. The summed E-state index contributed by atoms with van der Waals surface area (Å²) in [6.45, 7) is 1.94. The van der Waals surface area contributed by atoms with E-state index in [1.54, 1.807) is 31.0 Å². The van der Waals surface area contributed by atoms with Crippen LogP contribution in [0.3, 0.4) is 0 Å². The molecule has 2 aromatic rings. The van der Waals surface area contributed by atoms with E-state index in [0.29, 0.717) is 16.7 Å². The molecule has 2 heterocycles. The molecule has 0 radical (unpaired) electrons. The fourth-order valence-electron chi connectivity index (χ4n) is 2.64. The summed E-state index contributed by atoms with van der Waals surface area (Å²) in [5, 5.41) is -0.0562. The van der Waals surface area contributed by atoms with Gasteiger partial charge in [0.15, 0.2) is 5.78 Å². The third-order valence-electron chi connectivity index (χ3n) is 3.92. The maximum atomic E-state index is 12.7. The van der Waals surface area contributed by atoms with Crippen molar-refractivity contribution in [3.63, 3.8) is 0 Å². The zero-order chi connectivity index (χ0) is 16.7. The molecule has 0 bridgehead atoms. The van der Waals surface area contributed by atoms with Gasteiger partial charge >= 0.3 is 5.69 Å². The number of benzene rings is 1. The molecule has 0 unspecified atom stereocenters. The van der Waals surface area contributed by atoms with Gasteiger partial charge in [-0.2, -0.15) is 0 Å². The molecule has 1 aliphatic rings. The Morgan fingerprint density at radius 1 is 1.13 bits per heavy atom. The lowest BCUT2D eigenvalue weighted by molar-refractivity contribution is 0.102. The maximum absolute atomic E-state index is 12.7. The van der Waals surface area contributed by atoms with E-state index >= 15 is 0 Å². The summed E-state index contributed by atoms with van der Waals surface area (Å²) in [4.78, 5) is 37.7. The van der Waals surface area contributed by atoms with Crippen LogP contribution in [-0.4, -0.2) is 20.2 Å². The van der Waals surface area contributed by atoms with Gasteiger partial charge in [-0.3, -0.25) is 14.2 Å². The van der Waals surface area contributed by atoms with Crippen LogP contribution in [0.2, 0.25) is 0 Å². The first-order valence-electron chi connectivity index (χ1n) is 7.19. The first-order chi connectivity index (χ1) is 10.9. The Morgan fingerprint density at radius 2 is 1.83 bits per heavy atom. The van der Waals surface area contributed by atoms with Crippen LogP contribution in [0.25, 0.3) is 6.08 Å². The van der Waals surface area contributed by atoms with E-state index in [4.69, 9.17) is 0 Å². The molecule has 6 heteroatoms.